The van der Waals surface area contributed by atoms with Crippen molar-refractivity contribution >= 4 is 28.6 Å². The van der Waals surface area contributed by atoms with Gasteiger partial charge in [0.2, 0.25) is 5.89 Å². The third kappa shape index (κ3) is 2.84. The molecule has 0 radical (unpaired) electrons. The summed E-state index contributed by atoms with van der Waals surface area (Å²) in [6, 6.07) is 1.63. The molecule has 2 aromatic heterocycles. The first-order chi connectivity index (χ1) is 8.06. The highest BCUT2D eigenvalue weighted by Crippen LogP contribution is 2.12. The molecule has 90 valence electrons. The Hall–Kier alpha value is -1.38. The van der Waals surface area contributed by atoms with Crippen LogP contribution in [0.25, 0.3) is 0 Å². The van der Waals surface area contributed by atoms with Crippen molar-refractivity contribution in [1.29, 1.82) is 0 Å². The molecule has 0 unspecified atom stereocenters. The number of aromatic carboxylic acids is 1. The standard InChI is InChI=1S/C10H10IN3O3/c1-6-12-9(13-17-6)2-3-14-5-7(11)4-8(14)10(15)16/h4-5H,2-3H2,1H3,(H,15,16). The van der Waals surface area contributed by atoms with Crippen molar-refractivity contribution in [1.82, 2.24) is 14.7 Å². The first-order valence-electron chi connectivity index (χ1n) is 4.94. The summed E-state index contributed by atoms with van der Waals surface area (Å²) in [5, 5.41) is 12.8. The van der Waals surface area contributed by atoms with Gasteiger partial charge in [0, 0.05) is 29.7 Å². The van der Waals surface area contributed by atoms with E-state index in [4.69, 9.17) is 9.63 Å². The lowest BCUT2D eigenvalue weighted by Crippen LogP contribution is -2.09. The summed E-state index contributed by atoms with van der Waals surface area (Å²) in [4.78, 5) is 15.0. The molecule has 0 spiro atoms. The quantitative estimate of drug-likeness (QED) is 0.852. The third-order valence-electron chi connectivity index (χ3n) is 2.23. The summed E-state index contributed by atoms with van der Waals surface area (Å²) in [7, 11) is 0. The molecule has 0 atom stereocenters. The van der Waals surface area contributed by atoms with Crippen LogP contribution in [0.1, 0.15) is 22.2 Å². The van der Waals surface area contributed by atoms with E-state index < -0.39 is 5.97 Å². The molecule has 0 aliphatic carbocycles. The molecule has 1 N–H and O–H groups in total. The second-order valence-corrected chi connectivity index (χ2v) is 4.77. The van der Waals surface area contributed by atoms with Gasteiger partial charge in [-0.3, -0.25) is 0 Å². The minimum absolute atomic E-state index is 0.273. The summed E-state index contributed by atoms with van der Waals surface area (Å²) in [5.41, 5.74) is 0.273. The van der Waals surface area contributed by atoms with Crippen LogP contribution < -0.4 is 0 Å². The van der Waals surface area contributed by atoms with Crippen molar-refractivity contribution in [2.24, 2.45) is 0 Å². The average Bonchev–Trinajstić information content (AvgIpc) is 2.82. The highest BCUT2D eigenvalue weighted by atomic mass is 127. The minimum atomic E-state index is -0.933. The lowest BCUT2D eigenvalue weighted by atomic mass is 10.3. The Morgan fingerprint density at radius 2 is 2.41 bits per heavy atom. The number of hydrogen-bond donors (Lipinski definition) is 1. The normalized spacial score (nSPS) is 10.7. The fourth-order valence-corrected chi connectivity index (χ4v) is 2.13. The maximum Gasteiger partial charge on any atom is 0.352 e. The lowest BCUT2D eigenvalue weighted by molar-refractivity contribution is 0.0685. The van der Waals surface area contributed by atoms with Crippen LogP contribution in [-0.4, -0.2) is 25.8 Å². The van der Waals surface area contributed by atoms with Crippen LogP contribution >= 0.6 is 22.6 Å². The first-order valence-corrected chi connectivity index (χ1v) is 6.02. The zero-order valence-electron chi connectivity index (χ0n) is 9.05. The van der Waals surface area contributed by atoms with Crippen molar-refractivity contribution in [3.63, 3.8) is 0 Å². The molecule has 7 heteroatoms. The van der Waals surface area contributed by atoms with Crippen LogP contribution in [0.4, 0.5) is 0 Å². The van der Waals surface area contributed by atoms with Gasteiger partial charge < -0.3 is 14.2 Å². The van der Waals surface area contributed by atoms with Gasteiger partial charge in [0.05, 0.1) is 0 Å². The summed E-state index contributed by atoms with van der Waals surface area (Å²) < 4.78 is 7.42. The summed E-state index contributed by atoms with van der Waals surface area (Å²) in [6.45, 7) is 2.24. The molecule has 2 aromatic rings. The molecule has 0 saturated carbocycles. The Morgan fingerprint density at radius 1 is 1.65 bits per heavy atom. The molecule has 2 rings (SSSR count). The van der Waals surface area contributed by atoms with Crippen LogP contribution in [0, 0.1) is 10.5 Å². The van der Waals surface area contributed by atoms with E-state index in [9.17, 15) is 4.79 Å². The Bertz CT molecular complexity index is 547. The Morgan fingerprint density at radius 3 is 3.00 bits per heavy atom. The van der Waals surface area contributed by atoms with Gasteiger partial charge in [-0.25, -0.2) is 4.79 Å². The SMILES string of the molecule is Cc1nc(CCn2cc(I)cc2C(=O)O)no1. The van der Waals surface area contributed by atoms with E-state index in [1.807, 2.05) is 0 Å². The van der Waals surface area contributed by atoms with Crippen molar-refractivity contribution < 1.29 is 14.4 Å². The third-order valence-corrected chi connectivity index (χ3v) is 2.82. The van der Waals surface area contributed by atoms with E-state index >= 15 is 0 Å². The summed E-state index contributed by atoms with van der Waals surface area (Å²) in [6.07, 6.45) is 2.33. The molecule has 0 fully saturated rings. The molecule has 0 saturated heterocycles. The fraction of sp³-hybridized carbons (Fsp3) is 0.300. The predicted molar refractivity (Wildman–Crippen MR) is 66.8 cm³/mol. The van der Waals surface area contributed by atoms with Crippen molar-refractivity contribution in [3.8, 4) is 0 Å². The van der Waals surface area contributed by atoms with Gasteiger partial charge >= 0.3 is 5.97 Å². The van der Waals surface area contributed by atoms with Crippen LogP contribution in [0.5, 0.6) is 0 Å². The minimum Gasteiger partial charge on any atom is -0.477 e. The molecule has 2 heterocycles. The maximum atomic E-state index is 11.0. The molecule has 6 nitrogen and oxygen atoms in total. The Kier molecular flexibility index (Phi) is 3.46. The number of hydrogen-bond acceptors (Lipinski definition) is 4. The fourth-order valence-electron chi connectivity index (χ4n) is 1.50. The number of carbonyl (C=O) groups is 1. The number of aromatic nitrogens is 3. The molecule has 0 aliphatic rings. The van der Waals surface area contributed by atoms with Crippen LogP contribution in [-0.2, 0) is 13.0 Å². The zero-order valence-corrected chi connectivity index (χ0v) is 11.2. The van der Waals surface area contributed by atoms with Crippen molar-refractivity contribution in [3.05, 3.63) is 33.2 Å². The van der Waals surface area contributed by atoms with Gasteiger partial charge in [0.15, 0.2) is 5.82 Å². The van der Waals surface area contributed by atoms with Crippen molar-refractivity contribution in [2.75, 3.05) is 0 Å². The summed E-state index contributed by atoms with van der Waals surface area (Å²) in [5.74, 6) is 0.167. The predicted octanol–water partition coefficient (Wildman–Crippen LogP) is 1.73. The number of aryl methyl sites for hydroxylation is 3. The monoisotopic (exact) mass is 347 g/mol. The first kappa shape index (κ1) is 12.1. The van der Waals surface area contributed by atoms with Gasteiger partial charge in [-0.1, -0.05) is 5.16 Å². The highest BCUT2D eigenvalue weighted by molar-refractivity contribution is 14.1. The van der Waals surface area contributed by atoms with Gasteiger partial charge in [-0.05, 0) is 28.7 Å². The van der Waals surface area contributed by atoms with E-state index in [2.05, 4.69) is 32.7 Å². The molecule has 0 bridgehead atoms. The van der Waals surface area contributed by atoms with Crippen LogP contribution in [0.2, 0.25) is 0 Å². The lowest BCUT2D eigenvalue weighted by Gasteiger charge is -2.03. The topological polar surface area (TPSA) is 81.2 Å². The number of carboxylic acid groups (broad SMARTS) is 1. The van der Waals surface area contributed by atoms with E-state index in [0.717, 1.165) is 3.57 Å². The zero-order chi connectivity index (χ0) is 12.4. The Labute approximate surface area is 111 Å². The Balaban J connectivity index is 2.11. The van der Waals surface area contributed by atoms with Gasteiger partial charge in [-0.2, -0.15) is 4.98 Å². The molecular formula is C10H10IN3O3. The highest BCUT2D eigenvalue weighted by Gasteiger charge is 2.12. The smallest absolute Gasteiger partial charge is 0.352 e. The van der Waals surface area contributed by atoms with Crippen LogP contribution in [0.3, 0.4) is 0 Å². The number of carboxylic acids is 1. The number of nitrogens with zero attached hydrogens (tertiary/aromatic N) is 3. The van der Waals surface area contributed by atoms with E-state index in [-0.39, 0.29) is 5.69 Å². The number of rotatable bonds is 4. The molecule has 0 aromatic carbocycles. The molecular weight excluding hydrogens is 337 g/mol. The van der Waals surface area contributed by atoms with E-state index in [1.165, 1.54) is 0 Å². The molecule has 17 heavy (non-hydrogen) atoms. The van der Waals surface area contributed by atoms with Crippen molar-refractivity contribution in [2.45, 2.75) is 19.9 Å². The van der Waals surface area contributed by atoms with Crippen LogP contribution in [0.15, 0.2) is 16.8 Å². The van der Waals surface area contributed by atoms with E-state index in [1.54, 1.807) is 23.8 Å². The van der Waals surface area contributed by atoms with Gasteiger partial charge in [0.25, 0.3) is 0 Å². The maximum absolute atomic E-state index is 11.0. The van der Waals surface area contributed by atoms with Gasteiger partial charge in [0.1, 0.15) is 5.69 Å². The largest absolute Gasteiger partial charge is 0.477 e. The summed E-state index contributed by atoms with van der Waals surface area (Å²) >= 11 is 2.08. The molecule has 0 aliphatic heterocycles. The second-order valence-electron chi connectivity index (χ2n) is 3.52. The van der Waals surface area contributed by atoms with Gasteiger partial charge in [-0.15, -0.1) is 0 Å². The molecule has 0 amide bonds. The number of halogens is 1. The second kappa shape index (κ2) is 4.86. The van der Waals surface area contributed by atoms with E-state index in [0.29, 0.717) is 24.7 Å². The average molecular weight is 347 g/mol.